The van der Waals surface area contributed by atoms with Crippen molar-refractivity contribution in [2.24, 2.45) is 4.99 Å². The second-order valence-electron chi connectivity index (χ2n) is 8.44. The molecule has 1 unspecified atom stereocenters. The van der Waals surface area contributed by atoms with Crippen LogP contribution in [0.25, 0.3) is 5.69 Å². The van der Waals surface area contributed by atoms with Crippen molar-refractivity contribution in [2.75, 3.05) is 24.2 Å². The van der Waals surface area contributed by atoms with Crippen molar-refractivity contribution in [2.45, 2.75) is 24.4 Å². The van der Waals surface area contributed by atoms with E-state index in [2.05, 4.69) is 64.6 Å². The maximum Gasteiger partial charge on any atom is 0.248 e. The molecule has 1 saturated heterocycles. The van der Waals surface area contributed by atoms with Crippen LogP contribution in [-0.2, 0) is 10.3 Å². The van der Waals surface area contributed by atoms with Gasteiger partial charge in [0.15, 0.2) is 0 Å². The number of likely N-dealkylation sites (tertiary alicyclic amines) is 1. The minimum Gasteiger partial charge on any atom is -0.372 e. The Labute approximate surface area is 186 Å². The molecular formula is C25H24N4OS. The van der Waals surface area contributed by atoms with Gasteiger partial charge >= 0.3 is 0 Å². The van der Waals surface area contributed by atoms with E-state index in [1.165, 1.54) is 11.4 Å². The average molecular weight is 429 g/mol. The third-order valence-electron chi connectivity index (χ3n) is 6.66. The Bertz CT molecular complexity index is 1160. The lowest BCUT2D eigenvalue weighted by atomic mass is 9.82. The lowest BCUT2D eigenvalue weighted by Crippen LogP contribution is -2.52. The fourth-order valence-electron chi connectivity index (χ4n) is 5.03. The third-order valence-corrected chi connectivity index (χ3v) is 7.76. The van der Waals surface area contributed by atoms with E-state index in [1.54, 1.807) is 11.8 Å². The van der Waals surface area contributed by atoms with Crippen molar-refractivity contribution in [1.29, 1.82) is 0 Å². The van der Waals surface area contributed by atoms with Crippen LogP contribution in [0.3, 0.4) is 0 Å². The number of aromatic nitrogens is 1. The number of rotatable bonds is 2. The third kappa shape index (κ3) is 3.08. The first-order valence-corrected chi connectivity index (χ1v) is 11.8. The van der Waals surface area contributed by atoms with Crippen molar-refractivity contribution in [1.82, 2.24) is 9.47 Å². The summed E-state index contributed by atoms with van der Waals surface area (Å²) in [6, 6.07) is 22.7. The summed E-state index contributed by atoms with van der Waals surface area (Å²) in [6.45, 7) is 1.49. The summed E-state index contributed by atoms with van der Waals surface area (Å²) in [5, 5.41) is 4.80. The molecule has 3 aliphatic heterocycles. The molecule has 156 valence electrons. The monoisotopic (exact) mass is 428 g/mol. The van der Waals surface area contributed by atoms with Crippen LogP contribution in [0.5, 0.6) is 0 Å². The first-order valence-electron chi connectivity index (χ1n) is 10.8. The minimum absolute atomic E-state index is 0.127. The highest BCUT2D eigenvalue weighted by molar-refractivity contribution is 8.14. The maximum absolute atomic E-state index is 13.2. The Morgan fingerprint density at radius 1 is 1.00 bits per heavy atom. The molecule has 1 amide bonds. The van der Waals surface area contributed by atoms with Gasteiger partial charge in [-0.15, -0.1) is 11.8 Å². The maximum atomic E-state index is 13.2. The summed E-state index contributed by atoms with van der Waals surface area (Å²) < 4.78 is 2.30. The molecular weight excluding hydrogens is 404 g/mol. The number of carbonyl (C=O) groups is 1. The summed E-state index contributed by atoms with van der Waals surface area (Å²) in [5.74, 6) is 0.902. The molecule has 1 N–H and O–H groups in total. The number of piperidine rings is 1. The second-order valence-corrected chi connectivity index (χ2v) is 9.45. The van der Waals surface area contributed by atoms with Gasteiger partial charge in [0.1, 0.15) is 6.04 Å². The first kappa shape index (κ1) is 18.8. The predicted molar refractivity (Wildman–Crippen MR) is 126 cm³/mol. The Morgan fingerprint density at radius 3 is 2.61 bits per heavy atom. The molecule has 6 rings (SSSR count). The molecule has 0 radical (unpaired) electrons. The van der Waals surface area contributed by atoms with Crippen LogP contribution in [0, 0.1) is 0 Å². The topological polar surface area (TPSA) is 49.6 Å². The largest absolute Gasteiger partial charge is 0.372 e. The zero-order chi connectivity index (χ0) is 20.8. The summed E-state index contributed by atoms with van der Waals surface area (Å²) in [4.78, 5) is 20.0. The van der Waals surface area contributed by atoms with Crippen LogP contribution in [0.1, 0.15) is 24.1 Å². The van der Waals surface area contributed by atoms with Gasteiger partial charge in [0.2, 0.25) is 5.91 Å². The van der Waals surface area contributed by atoms with E-state index in [0.29, 0.717) is 0 Å². The predicted octanol–water partition coefficient (Wildman–Crippen LogP) is 4.28. The van der Waals surface area contributed by atoms with Crippen molar-refractivity contribution >= 4 is 28.4 Å². The van der Waals surface area contributed by atoms with Gasteiger partial charge in [-0.3, -0.25) is 9.79 Å². The van der Waals surface area contributed by atoms with Crippen LogP contribution < -0.4 is 5.32 Å². The number of nitrogens with zero attached hydrogens (tertiary/aromatic N) is 3. The lowest BCUT2D eigenvalue weighted by Gasteiger charge is -2.46. The summed E-state index contributed by atoms with van der Waals surface area (Å²) >= 11 is 1.69. The molecule has 2 aromatic carbocycles. The van der Waals surface area contributed by atoms with Gasteiger partial charge in [-0.05, 0) is 37.1 Å². The van der Waals surface area contributed by atoms with Gasteiger partial charge in [-0.1, -0.05) is 42.5 Å². The number of aliphatic imine (C=N–C) groups is 1. The molecule has 1 spiro atoms. The van der Waals surface area contributed by atoms with Crippen molar-refractivity contribution in [3.63, 3.8) is 0 Å². The Hall–Kier alpha value is -2.99. The first-order chi connectivity index (χ1) is 15.2. The normalized spacial score (nSPS) is 21.2. The van der Waals surface area contributed by atoms with Crippen LogP contribution in [0.2, 0.25) is 0 Å². The molecule has 31 heavy (non-hydrogen) atoms. The molecule has 4 heterocycles. The summed E-state index contributed by atoms with van der Waals surface area (Å²) in [6.07, 6.45) is 3.93. The van der Waals surface area contributed by atoms with E-state index in [-0.39, 0.29) is 17.5 Å². The molecule has 3 aliphatic rings. The number of benzene rings is 2. The van der Waals surface area contributed by atoms with Crippen LogP contribution in [0.15, 0.2) is 77.9 Å². The quantitative estimate of drug-likeness (QED) is 0.663. The number of hydrogen-bond acceptors (Lipinski definition) is 4. The molecule has 0 saturated carbocycles. The number of anilines is 1. The van der Waals surface area contributed by atoms with Crippen molar-refractivity contribution in [3.8, 4) is 5.69 Å². The van der Waals surface area contributed by atoms with Gasteiger partial charge in [-0.2, -0.15) is 0 Å². The summed E-state index contributed by atoms with van der Waals surface area (Å²) in [5.41, 5.74) is 4.62. The smallest absolute Gasteiger partial charge is 0.248 e. The average Bonchev–Trinajstić information content (AvgIpc) is 3.51. The minimum atomic E-state index is -0.266. The molecule has 3 aromatic rings. The van der Waals surface area contributed by atoms with Gasteiger partial charge in [-0.25, -0.2) is 0 Å². The standard InChI is InChI=1S/C25H24N4OS/c30-24(20-17-31-23(26-20)18-7-2-1-3-8-18)28-15-12-25(13-16-28)22-11-6-14-29(22)21-10-5-4-9-19(21)27-25/h1-11,14,20,27H,12-13,15-17H2. The number of hydrogen-bond donors (Lipinski definition) is 1. The molecule has 1 fully saturated rings. The van der Waals surface area contributed by atoms with Gasteiger partial charge in [0, 0.05) is 36.3 Å². The summed E-state index contributed by atoms with van der Waals surface area (Å²) in [7, 11) is 0. The fourth-order valence-corrected chi connectivity index (χ4v) is 6.07. The fraction of sp³-hybridized carbons (Fsp3) is 0.280. The highest BCUT2D eigenvalue weighted by Gasteiger charge is 2.43. The van der Waals surface area contributed by atoms with E-state index in [9.17, 15) is 4.79 Å². The van der Waals surface area contributed by atoms with Crippen LogP contribution in [-0.4, -0.2) is 45.3 Å². The van der Waals surface area contributed by atoms with E-state index in [4.69, 9.17) is 4.99 Å². The van der Waals surface area contributed by atoms with Gasteiger partial charge in [0.05, 0.1) is 22.0 Å². The zero-order valence-electron chi connectivity index (χ0n) is 17.2. The van der Waals surface area contributed by atoms with E-state index < -0.39 is 0 Å². The van der Waals surface area contributed by atoms with E-state index in [1.807, 2.05) is 23.1 Å². The Kier molecular flexibility index (Phi) is 4.42. The zero-order valence-corrected chi connectivity index (χ0v) is 18.0. The SMILES string of the molecule is O=C(C1CSC(c2ccccc2)=N1)N1CCC2(CC1)Nc1ccccc1-n1cccc12. The van der Waals surface area contributed by atoms with E-state index >= 15 is 0 Å². The molecule has 5 nitrogen and oxygen atoms in total. The second kappa shape index (κ2) is 7.31. The number of para-hydroxylation sites is 2. The van der Waals surface area contributed by atoms with Gasteiger partial charge in [0.25, 0.3) is 0 Å². The van der Waals surface area contributed by atoms with Crippen LogP contribution in [0.4, 0.5) is 5.69 Å². The Morgan fingerprint density at radius 2 is 1.77 bits per heavy atom. The lowest BCUT2D eigenvalue weighted by molar-refractivity contribution is -0.133. The molecule has 0 aliphatic carbocycles. The highest BCUT2D eigenvalue weighted by Crippen LogP contribution is 2.43. The van der Waals surface area contributed by atoms with Crippen LogP contribution >= 0.6 is 11.8 Å². The number of carbonyl (C=O) groups excluding carboxylic acids is 1. The van der Waals surface area contributed by atoms with Gasteiger partial charge < -0.3 is 14.8 Å². The van der Waals surface area contributed by atoms with Crippen molar-refractivity contribution < 1.29 is 4.79 Å². The molecule has 0 bridgehead atoms. The molecule has 6 heteroatoms. The highest BCUT2D eigenvalue weighted by atomic mass is 32.2. The number of thioether (sulfide) groups is 1. The molecule has 1 atom stereocenters. The molecule has 1 aromatic heterocycles. The number of amides is 1. The number of fused-ring (bicyclic) bond motifs is 4. The number of nitrogens with one attached hydrogen (secondary N) is 1. The van der Waals surface area contributed by atoms with Crippen molar-refractivity contribution in [3.05, 3.63) is 84.2 Å². The Balaban J connectivity index is 1.19. The van der Waals surface area contributed by atoms with E-state index in [0.717, 1.165) is 48.0 Å².